The van der Waals surface area contributed by atoms with Crippen LogP contribution >= 0.6 is 0 Å². The molecule has 18 heavy (non-hydrogen) atoms. The van der Waals surface area contributed by atoms with Crippen molar-refractivity contribution in [3.05, 3.63) is 0 Å². The summed E-state index contributed by atoms with van der Waals surface area (Å²) in [6.07, 6.45) is 3.82. The molecule has 0 aromatic carbocycles. The van der Waals surface area contributed by atoms with Gasteiger partial charge in [0.25, 0.3) is 0 Å². The maximum atomic E-state index is 11.5. The van der Waals surface area contributed by atoms with Crippen LogP contribution in [0.15, 0.2) is 0 Å². The van der Waals surface area contributed by atoms with Crippen LogP contribution in [0.3, 0.4) is 0 Å². The average molecular weight is 258 g/mol. The standard InChI is InChI=1S/C14H26O4/c1-5-7-11-17-12(15)8-9-13(16)18-14(3,4)10-6-2/h5-11H2,1-4H3. The molecule has 0 saturated heterocycles. The van der Waals surface area contributed by atoms with Crippen LogP contribution in [0.1, 0.15) is 66.2 Å². The van der Waals surface area contributed by atoms with E-state index >= 15 is 0 Å². The lowest BCUT2D eigenvalue weighted by Crippen LogP contribution is -2.28. The Morgan fingerprint density at radius 1 is 1.00 bits per heavy atom. The zero-order valence-corrected chi connectivity index (χ0v) is 12.1. The maximum absolute atomic E-state index is 11.5. The summed E-state index contributed by atoms with van der Waals surface area (Å²) in [5, 5.41) is 0. The lowest BCUT2D eigenvalue weighted by molar-refractivity contribution is -0.160. The van der Waals surface area contributed by atoms with Crippen LogP contribution in [0.4, 0.5) is 0 Å². The second-order valence-corrected chi connectivity index (χ2v) is 5.06. The first-order chi connectivity index (χ1) is 8.41. The molecule has 0 fully saturated rings. The fraction of sp³-hybridized carbons (Fsp3) is 0.857. The molecule has 0 aromatic rings. The third-order valence-electron chi connectivity index (χ3n) is 2.54. The number of ether oxygens (including phenoxy) is 2. The first-order valence-electron chi connectivity index (χ1n) is 6.78. The maximum Gasteiger partial charge on any atom is 0.306 e. The second kappa shape index (κ2) is 8.95. The quantitative estimate of drug-likeness (QED) is 0.470. The van der Waals surface area contributed by atoms with Crippen LogP contribution in [0.5, 0.6) is 0 Å². The number of rotatable bonds is 9. The molecule has 0 N–H and O–H groups in total. The Balaban J connectivity index is 3.79. The minimum atomic E-state index is -0.446. The summed E-state index contributed by atoms with van der Waals surface area (Å²) in [6.45, 7) is 8.27. The van der Waals surface area contributed by atoms with Crippen molar-refractivity contribution in [1.29, 1.82) is 0 Å². The number of unbranched alkanes of at least 4 members (excludes halogenated alkanes) is 1. The van der Waals surface area contributed by atoms with E-state index in [0.717, 1.165) is 25.7 Å². The van der Waals surface area contributed by atoms with Gasteiger partial charge in [-0.3, -0.25) is 9.59 Å². The monoisotopic (exact) mass is 258 g/mol. The van der Waals surface area contributed by atoms with E-state index < -0.39 is 5.60 Å². The van der Waals surface area contributed by atoms with E-state index in [1.165, 1.54) is 0 Å². The lowest BCUT2D eigenvalue weighted by atomic mass is 10.0. The summed E-state index contributed by atoms with van der Waals surface area (Å²) < 4.78 is 10.3. The molecule has 0 saturated carbocycles. The molecule has 0 radical (unpaired) electrons. The van der Waals surface area contributed by atoms with E-state index in [2.05, 4.69) is 0 Å². The fourth-order valence-electron chi connectivity index (χ4n) is 1.62. The van der Waals surface area contributed by atoms with Crippen LogP contribution in [0.25, 0.3) is 0 Å². The van der Waals surface area contributed by atoms with Gasteiger partial charge >= 0.3 is 11.9 Å². The van der Waals surface area contributed by atoms with Gasteiger partial charge in [0.1, 0.15) is 5.60 Å². The Morgan fingerprint density at radius 2 is 1.61 bits per heavy atom. The molecule has 0 heterocycles. The van der Waals surface area contributed by atoms with Crippen molar-refractivity contribution >= 4 is 11.9 Å². The molecule has 0 amide bonds. The largest absolute Gasteiger partial charge is 0.466 e. The number of carbonyl (C=O) groups is 2. The predicted octanol–water partition coefficient (Wildman–Crippen LogP) is 3.23. The molecule has 0 aromatic heterocycles. The van der Waals surface area contributed by atoms with Crippen molar-refractivity contribution in [2.75, 3.05) is 6.61 Å². The Morgan fingerprint density at radius 3 is 2.17 bits per heavy atom. The van der Waals surface area contributed by atoms with Crippen LogP contribution in [0, 0.1) is 0 Å². The van der Waals surface area contributed by atoms with E-state index in [0.29, 0.717) is 6.61 Å². The number of esters is 2. The zero-order valence-electron chi connectivity index (χ0n) is 12.1. The highest BCUT2D eigenvalue weighted by molar-refractivity contribution is 5.77. The summed E-state index contributed by atoms with van der Waals surface area (Å²) >= 11 is 0. The predicted molar refractivity (Wildman–Crippen MR) is 70.2 cm³/mol. The van der Waals surface area contributed by atoms with Gasteiger partial charge in [-0.2, -0.15) is 0 Å². The first-order valence-corrected chi connectivity index (χ1v) is 6.78. The van der Waals surface area contributed by atoms with Gasteiger partial charge in [-0.05, 0) is 26.7 Å². The van der Waals surface area contributed by atoms with E-state index in [4.69, 9.17) is 9.47 Å². The summed E-state index contributed by atoms with van der Waals surface area (Å²) in [5.74, 6) is -0.658. The minimum Gasteiger partial charge on any atom is -0.466 e. The lowest BCUT2D eigenvalue weighted by Gasteiger charge is -2.24. The fourth-order valence-corrected chi connectivity index (χ4v) is 1.62. The minimum absolute atomic E-state index is 0.0953. The molecular weight excluding hydrogens is 232 g/mol. The van der Waals surface area contributed by atoms with Gasteiger partial charge < -0.3 is 9.47 Å². The van der Waals surface area contributed by atoms with Gasteiger partial charge in [-0.1, -0.05) is 26.7 Å². The van der Waals surface area contributed by atoms with Crippen LogP contribution < -0.4 is 0 Å². The highest BCUT2D eigenvalue weighted by Gasteiger charge is 2.22. The Hall–Kier alpha value is -1.06. The molecule has 0 atom stereocenters. The third-order valence-corrected chi connectivity index (χ3v) is 2.54. The Kier molecular flexibility index (Phi) is 8.42. The van der Waals surface area contributed by atoms with Crippen molar-refractivity contribution in [3.63, 3.8) is 0 Å². The molecule has 4 heteroatoms. The van der Waals surface area contributed by atoms with Crippen molar-refractivity contribution in [2.45, 2.75) is 71.8 Å². The van der Waals surface area contributed by atoms with Gasteiger partial charge in [0.2, 0.25) is 0 Å². The SMILES string of the molecule is CCCCOC(=O)CCC(=O)OC(C)(C)CCC. The van der Waals surface area contributed by atoms with Crippen LogP contribution in [-0.4, -0.2) is 24.1 Å². The van der Waals surface area contributed by atoms with Gasteiger partial charge in [0, 0.05) is 0 Å². The molecule has 0 rings (SSSR count). The second-order valence-electron chi connectivity index (χ2n) is 5.06. The van der Waals surface area contributed by atoms with Crippen molar-refractivity contribution in [1.82, 2.24) is 0 Å². The molecule has 0 unspecified atom stereocenters. The van der Waals surface area contributed by atoms with E-state index in [-0.39, 0.29) is 24.8 Å². The average Bonchev–Trinajstić information content (AvgIpc) is 2.26. The third kappa shape index (κ3) is 9.02. The number of carbonyl (C=O) groups excluding carboxylic acids is 2. The molecule has 106 valence electrons. The molecule has 0 spiro atoms. The number of hydrogen-bond acceptors (Lipinski definition) is 4. The molecule has 0 aliphatic rings. The molecule has 0 aliphatic heterocycles. The highest BCUT2D eigenvalue weighted by Crippen LogP contribution is 2.17. The summed E-state index contributed by atoms with van der Waals surface area (Å²) in [6, 6.07) is 0. The van der Waals surface area contributed by atoms with E-state index in [1.54, 1.807) is 0 Å². The smallest absolute Gasteiger partial charge is 0.306 e. The van der Waals surface area contributed by atoms with E-state index in [9.17, 15) is 9.59 Å². The Labute approximate surface area is 110 Å². The van der Waals surface area contributed by atoms with Crippen molar-refractivity contribution < 1.29 is 19.1 Å². The summed E-state index contributed by atoms with van der Waals surface area (Å²) in [4.78, 5) is 22.8. The van der Waals surface area contributed by atoms with Gasteiger partial charge in [-0.15, -0.1) is 0 Å². The van der Waals surface area contributed by atoms with Crippen LogP contribution in [-0.2, 0) is 19.1 Å². The van der Waals surface area contributed by atoms with Gasteiger partial charge in [0.05, 0.1) is 19.4 Å². The first kappa shape index (κ1) is 16.9. The zero-order chi connectivity index (χ0) is 14.0. The normalized spacial score (nSPS) is 11.1. The summed E-state index contributed by atoms with van der Waals surface area (Å²) in [5.41, 5.74) is -0.446. The van der Waals surface area contributed by atoms with E-state index in [1.807, 2.05) is 27.7 Å². The molecular formula is C14H26O4. The number of hydrogen-bond donors (Lipinski definition) is 0. The topological polar surface area (TPSA) is 52.6 Å². The summed E-state index contributed by atoms with van der Waals surface area (Å²) in [7, 11) is 0. The van der Waals surface area contributed by atoms with Crippen molar-refractivity contribution in [3.8, 4) is 0 Å². The molecule has 0 aliphatic carbocycles. The van der Waals surface area contributed by atoms with Crippen LogP contribution in [0.2, 0.25) is 0 Å². The Bertz CT molecular complexity index is 259. The van der Waals surface area contributed by atoms with Gasteiger partial charge in [-0.25, -0.2) is 0 Å². The molecule has 0 bridgehead atoms. The van der Waals surface area contributed by atoms with Crippen molar-refractivity contribution in [2.24, 2.45) is 0 Å². The van der Waals surface area contributed by atoms with Gasteiger partial charge in [0.15, 0.2) is 0 Å². The highest BCUT2D eigenvalue weighted by atomic mass is 16.6. The molecule has 4 nitrogen and oxygen atoms in total.